The Balaban J connectivity index is 1.48. The molecule has 3 amide bonds. The van der Waals surface area contributed by atoms with Crippen molar-refractivity contribution in [1.82, 2.24) is 4.90 Å². The normalized spacial score (nSPS) is 13.3. The van der Waals surface area contributed by atoms with Gasteiger partial charge in [-0.2, -0.15) is 0 Å². The summed E-state index contributed by atoms with van der Waals surface area (Å²) < 4.78 is 10.5. The number of benzene rings is 2. The lowest BCUT2D eigenvalue weighted by molar-refractivity contribution is -0.152. The Morgan fingerprint density at radius 1 is 0.923 bits per heavy atom. The summed E-state index contributed by atoms with van der Waals surface area (Å²) in [6.45, 7) is 6.48. The molecule has 0 fully saturated rings. The van der Waals surface area contributed by atoms with E-state index in [4.69, 9.17) is 9.47 Å². The van der Waals surface area contributed by atoms with Gasteiger partial charge < -0.3 is 14.8 Å². The van der Waals surface area contributed by atoms with Crippen molar-refractivity contribution in [3.8, 4) is 11.1 Å². The van der Waals surface area contributed by atoms with Gasteiger partial charge in [0.25, 0.3) is 17.7 Å². The van der Waals surface area contributed by atoms with E-state index < -0.39 is 48.2 Å². The number of fused-ring (bicyclic) bond motifs is 1. The van der Waals surface area contributed by atoms with Crippen LogP contribution in [0.4, 0.5) is 5.00 Å². The van der Waals surface area contributed by atoms with Crippen molar-refractivity contribution in [2.75, 3.05) is 18.5 Å². The fraction of sp³-hybridized carbons (Fsp3) is 0.276. The smallest absolute Gasteiger partial charge is 0.341 e. The third-order valence-electron chi connectivity index (χ3n) is 6.21. The lowest BCUT2D eigenvalue weighted by Gasteiger charge is -2.27. The standard InChI is InChI=1S/C29H28N2O7S/c1-5-37-28(35)23-21(18-12-10-17(4)11-13-18)15-39-25(23)30-22(32)14-38-29(36)24(16(2)3)31-26(33)19-8-6-7-9-20(19)27(31)34/h6-13,15-16,24H,5,14H2,1-4H3,(H,30,32). The number of thiophene rings is 1. The molecular formula is C29H28N2O7S. The zero-order chi connectivity index (χ0) is 28.3. The average molecular weight is 549 g/mol. The third-order valence-corrected chi connectivity index (χ3v) is 7.10. The van der Waals surface area contributed by atoms with E-state index in [0.29, 0.717) is 5.56 Å². The Morgan fingerprint density at radius 3 is 2.10 bits per heavy atom. The highest BCUT2D eigenvalue weighted by Gasteiger charge is 2.44. The number of imide groups is 1. The van der Waals surface area contributed by atoms with E-state index in [9.17, 15) is 24.0 Å². The fourth-order valence-corrected chi connectivity index (χ4v) is 5.30. The van der Waals surface area contributed by atoms with E-state index >= 15 is 0 Å². The van der Waals surface area contributed by atoms with E-state index in [0.717, 1.165) is 27.4 Å². The molecule has 1 aliphatic rings. The monoisotopic (exact) mass is 548 g/mol. The number of nitrogens with one attached hydrogen (secondary N) is 1. The minimum atomic E-state index is -1.21. The molecule has 202 valence electrons. The van der Waals surface area contributed by atoms with Gasteiger partial charge in [-0.25, -0.2) is 9.59 Å². The number of esters is 2. The molecule has 0 radical (unpaired) electrons. The van der Waals surface area contributed by atoms with Crippen LogP contribution in [0.15, 0.2) is 53.9 Å². The van der Waals surface area contributed by atoms with Gasteiger partial charge >= 0.3 is 11.9 Å². The molecule has 2 heterocycles. The second kappa shape index (κ2) is 11.6. The quantitative estimate of drug-likeness (QED) is 0.304. The summed E-state index contributed by atoms with van der Waals surface area (Å²) in [5.74, 6) is -3.79. The molecule has 0 spiro atoms. The van der Waals surface area contributed by atoms with Crippen LogP contribution in [0.1, 0.15) is 57.4 Å². The Morgan fingerprint density at radius 2 is 1.54 bits per heavy atom. The van der Waals surface area contributed by atoms with Crippen LogP contribution >= 0.6 is 11.3 Å². The van der Waals surface area contributed by atoms with E-state index in [1.54, 1.807) is 38.3 Å². The SMILES string of the molecule is CCOC(=O)c1c(-c2ccc(C)cc2)csc1NC(=O)COC(=O)C(C(C)C)N1C(=O)c2ccccc2C1=O. The minimum absolute atomic E-state index is 0.154. The lowest BCUT2D eigenvalue weighted by Crippen LogP contribution is -2.49. The molecule has 1 N–H and O–H groups in total. The maximum Gasteiger partial charge on any atom is 0.341 e. The Hall–Kier alpha value is -4.31. The molecule has 1 unspecified atom stereocenters. The molecule has 0 bridgehead atoms. The third kappa shape index (κ3) is 5.61. The summed E-state index contributed by atoms with van der Waals surface area (Å²) in [7, 11) is 0. The molecule has 9 nitrogen and oxygen atoms in total. The summed E-state index contributed by atoms with van der Waals surface area (Å²) >= 11 is 1.15. The van der Waals surface area contributed by atoms with Gasteiger partial charge in [0, 0.05) is 10.9 Å². The molecule has 0 saturated carbocycles. The Labute approximate surface area is 229 Å². The molecule has 10 heteroatoms. The first-order chi connectivity index (χ1) is 18.6. The van der Waals surface area contributed by atoms with Gasteiger partial charge in [0.2, 0.25) is 0 Å². The molecule has 0 saturated heterocycles. The molecule has 0 aliphatic carbocycles. The van der Waals surface area contributed by atoms with Crippen molar-refractivity contribution < 1.29 is 33.4 Å². The zero-order valence-electron chi connectivity index (χ0n) is 22.0. The van der Waals surface area contributed by atoms with Crippen LogP contribution in [-0.2, 0) is 19.1 Å². The fourth-order valence-electron chi connectivity index (χ4n) is 4.32. The van der Waals surface area contributed by atoms with Crippen molar-refractivity contribution in [3.63, 3.8) is 0 Å². The van der Waals surface area contributed by atoms with Gasteiger partial charge in [0.1, 0.15) is 16.6 Å². The highest BCUT2D eigenvalue weighted by molar-refractivity contribution is 7.15. The number of aryl methyl sites for hydroxylation is 1. The van der Waals surface area contributed by atoms with Crippen molar-refractivity contribution in [2.24, 2.45) is 5.92 Å². The van der Waals surface area contributed by atoms with E-state index in [2.05, 4.69) is 5.32 Å². The minimum Gasteiger partial charge on any atom is -0.462 e. The summed E-state index contributed by atoms with van der Waals surface area (Å²) in [5, 5.41) is 4.63. The van der Waals surface area contributed by atoms with Crippen LogP contribution in [-0.4, -0.2) is 53.8 Å². The number of anilines is 1. The summed E-state index contributed by atoms with van der Waals surface area (Å²) in [5.41, 5.74) is 3.09. The molecule has 39 heavy (non-hydrogen) atoms. The van der Waals surface area contributed by atoms with Crippen molar-refractivity contribution in [3.05, 3.63) is 76.2 Å². The van der Waals surface area contributed by atoms with Gasteiger partial charge in [-0.15, -0.1) is 11.3 Å². The highest BCUT2D eigenvalue weighted by Crippen LogP contribution is 2.36. The Kier molecular flexibility index (Phi) is 8.25. The van der Waals surface area contributed by atoms with Crippen LogP contribution in [0.2, 0.25) is 0 Å². The number of hydrogen-bond donors (Lipinski definition) is 1. The molecule has 1 atom stereocenters. The first-order valence-electron chi connectivity index (χ1n) is 12.4. The van der Waals surface area contributed by atoms with Crippen LogP contribution in [0.25, 0.3) is 11.1 Å². The van der Waals surface area contributed by atoms with Crippen molar-refractivity contribution in [2.45, 2.75) is 33.7 Å². The van der Waals surface area contributed by atoms with E-state index in [1.807, 2.05) is 31.2 Å². The second-order valence-electron chi connectivity index (χ2n) is 9.31. The van der Waals surface area contributed by atoms with Gasteiger partial charge in [-0.3, -0.25) is 19.3 Å². The van der Waals surface area contributed by atoms with Gasteiger partial charge in [0.05, 0.1) is 17.7 Å². The number of carbonyl (C=O) groups excluding carboxylic acids is 5. The predicted octanol–water partition coefficient (Wildman–Crippen LogP) is 4.70. The molecule has 3 aromatic rings. The van der Waals surface area contributed by atoms with Crippen LogP contribution < -0.4 is 5.32 Å². The van der Waals surface area contributed by atoms with Gasteiger partial charge in [-0.05, 0) is 37.5 Å². The average Bonchev–Trinajstić information content (AvgIpc) is 3.43. The van der Waals surface area contributed by atoms with Crippen LogP contribution in [0, 0.1) is 12.8 Å². The molecular weight excluding hydrogens is 520 g/mol. The molecule has 1 aliphatic heterocycles. The first kappa shape index (κ1) is 27.7. The van der Waals surface area contributed by atoms with E-state index in [-0.39, 0.29) is 28.3 Å². The lowest BCUT2D eigenvalue weighted by atomic mass is 10.0. The maximum absolute atomic E-state index is 13.0. The number of carbonyl (C=O) groups is 5. The predicted molar refractivity (Wildman–Crippen MR) is 146 cm³/mol. The summed E-state index contributed by atoms with van der Waals surface area (Å²) in [6, 6.07) is 12.7. The number of amides is 3. The van der Waals surface area contributed by atoms with Crippen molar-refractivity contribution in [1.29, 1.82) is 0 Å². The summed E-state index contributed by atoms with van der Waals surface area (Å²) in [6.07, 6.45) is 0. The molecule has 2 aromatic carbocycles. The zero-order valence-corrected chi connectivity index (χ0v) is 22.8. The van der Waals surface area contributed by atoms with Crippen LogP contribution in [0.5, 0.6) is 0 Å². The highest BCUT2D eigenvalue weighted by atomic mass is 32.1. The first-order valence-corrected chi connectivity index (χ1v) is 13.3. The van der Waals surface area contributed by atoms with Gasteiger partial charge in [-0.1, -0.05) is 55.8 Å². The maximum atomic E-state index is 13.0. The topological polar surface area (TPSA) is 119 Å². The van der Waals surface area contributed by atoms with Crippen LogP contribution in [0.3, 0.4) is 0 Å². The van der Waals surface area contributed by atoms with Gasteiger partial charge in [0.15, 0.2) is 6.61 Å². The Bertz CT molecular complexity index is 1410. The molecule has 1 aromatic heterocycles. The van der Waals surface area contributed by atoms with E-state index in [1.165, 1.54) is 12.1 Å². The van der Waals surface area contributed by atoms with Crippen molar-refractivity contribution >= 4 is 46.0 Å². The number of nitrogens with zero attached hydrogens (tertiary/aromatic N) is 1. The summed E-state index contributed by atoms with van der Waals surface area (Å²) in [4.78, 5) is 65.3. The number of rotatable bonds is 9. The number of ether oxygens (including phenoxy) is 2. The number of hydrogen-bond acceptors (Lipinski definition) is 8. The second-order valence-corrected chi connectivity index (χ2v) is 10.2. The molecule has 4 rings (SSSR count). The largest absolute Gasteiger partial charge is 0.462 e.